The Balaban J connectivity index is 0.000000152. The Morgan fingerprint density at radius 1 is 0.919 bits per heavy atom. The van der Waals surface area contributed by atoms with E-state index in [1.807, 2.05) is 23.1 Å². The molecule has 6 rings (SSSR count). The van der Waals surface area contributed by atoms with Gasteiger partial charge in [-0.15, -0.1) is 0 Å². The number of ether oxygens (including phenoxy) is 2. The number of nitrogens with zero attached hydrogens (tertiary/aromatic N) is 4. The number of esters is 2. The first-order chi connectivity index (χ1) is 17.9. The van der Waals surface area contributed by atoms with Crippen molar-refractivity contribution in [1.82, 2.24) is 19.8 Å². The van der Waals surface area contributed by atoms with Gasteiger partial charge in [0.1, 0.15) is 10.3 Å². The van der Waals surface area contributed by atoms with Crippen LogP contribution in [0.25, 0.3) is 0 Å². The molecule has 37 heavy (non-hydrogen) atoms. The average Bonchev–Trinajstić information content (AvgIpc) is 3.47. The Bertz CT molecular complexity index is 1280. The van der Waals surface area contributed by atoms with Crippen LogP contribution in [0.2, 0.25) is 10.3 Å². The van der Waals surface area contributed by atoms with Gasteiger partial charge in [-0.3, -0.25) is 0 Å². The maximum absolute atomic E-state index is 11.3. The molecule has 4 aliphatic heterocycles. The van der Waals surface area contributed by atoms with Crippen LogP contribution in [0.4, 0.5) is 0 Å². The van der Waals surface area contributed by atoms with E-state index in [2.05, 4.69) is 14.9 Å². The zero-order chi connectivity index (χ0) is 25.9. The average molecular weight is 543 g/mol. The highest BCUT2D eigenvalue weighted by Crippen LogP contribution is 2.31. The highest BCUT2D eigenvalue weighted by Gasteiger charge is 2.39. The number of halogens is 2. The molecule has 2 aromatic heterocycles. The number of aliphatic hydroxyl groups is 1. The molecule has 2 atom stereocenters. The van der Waals surface area contributed by atoms with Crippen LogP contribution in [0.15, 0.2) is 72.0 Å². The van der Waals surface area contributed by atoms with Gasteiger partial charge in [0.25, 0.3) is 0 Å². The molecule has 11 heteroatoms. The molecule has 0 bridgehead atoms. The quantitative estimate of drug-likeness (QED) is 0.459. The lowest BCUT2D eigenvalue weighted by atomic mass is 10.0. The Kier molecular flexibility index (Phi) is 7.45. The molecular formula is C26H24Cl2N4O5. The fourth-order valence-corrected chi connectivity index (χ4v) is 4.77. The van der Waals surface area contributed by atoms with Gasteiger partial charge in [0.2, 0.25) is 0 Å². The van der Waals surface area contributed by atoms with Crippen molar-refractivity contribution in [2.24, 2.45) is 0 Å². The highest BCUT2D eigenvalue weighted by atomic mass is 35.5. The number of rotatable bonds is 4. The van der Waals surface area contributed by atoms with Gasteiger partial charge in [-0.05, 0) is 42.2 Å². The molecular weight excluding hydrogens is 519 g/mol. The fraction of sp³-hybridized carbons (Fsp3) is 0.308. The predicted octanol–water partition coefficient (Wildman–Crippen LogP) is 3.38. The Hall–Kier alpha value is -3.40. The molecule has 0 aliphatic carbocycles. The largest absolute Gasteiger partial charge is 0.450 e. The van der Waals surface area contributed by atoms with Crippen LogP contribution in [-0.2, 0) is 32.2 Å². The number of carbonyl (C=O) groups excluding carboxylic acids is 2. The smallest absolute Gasteiger partial charge is 0.338 e. The monoisotopic (exact) mass is 542 g/mol. The van der Waals surface area contributed by atoms with Gasteiger partial charge in [-0.1, -0.05) is 35.3 Å². The molecule has 192 valence electrons. The van der Waals surface area contributed by atoms with E-state index in [-0.39, 0.29) is 11.9 Å². The summed E-state index contributed by atoms with van der Waals surface area (Å²) in [6, 6.07) is 7.33. The van der Waals surface area contributed by atoms with E-state index < -0.39 is 12.2 Å². The van der Waals surface area contributed by atoms with Crippen molar-refractivity contribution in [3.63, 3.8) is 0 Å². The number of likely N-dealkylation sites (tertiary alicyclic amines) is 1. The molecule has 1 fully saturated rings. The molecule has 1 N–H and O–H groups in total. The van der Waals surface area contributed by atoms with Crippen LogP contribution in [0.5, 0.6) is 0 Å². The maximum atomic E-state index is 11.3. The summed E-state index contributed by atoms with van der Waals surface area (Å²) >= 11 is 11.5. The molecule has 4 aliphatic rings. The van der Waals surface area contributed by atoms with Gasteiger partial charge >= 0.3 is 11.9 Å². The summed E-state index contributed by atoms with van der Waals surface area (Å²) < 4.78 is 10.2. The molecule has 0 saturated carbocycles. The van der Waals surface area contributed by atoms with E-state index in [0.29, 0.717) is 42.1 Å². The first kappa shape index (κ1) is 25.3. The molecule has 6 heterocycles. The van der Waals surface area contributed by atoms with Gasteiger partial charge in [-0.25, -0.2) is 19.6 Å². The molecule has 2 aromatic rings. The van der Waals surface area contributed by atoms with Crippen LogP contribution >= 0.6 is 23.2 Å². The Morgan fingerprint density at radius 2 is 1.59 bits per heavy atom. The fourth-order valence-electron chi connectivity index (χ4n) is 4.55. The van der Waals surface area contributed by atoms with Crippen molar-refractivity contribution in [2.45, 2.75) is 38.1 Å². The lowest BCUT2D eigenvalue weighted by Crippen LogP contribution is -2.43. The predicted molar refractivity (Wildman–Crippen MR) is 135 cm³/mol. The van der Waals surface area contributed by atoms with Gasteiger partial charge < -0.3 is 24.4 Å². The number of hydrogen-bond acceptors (Lipinski definition) is 9. The number of fused-ring (bicyclic) bond motifs is 2. The van der Waals surface area contributed by atoms with Gasteiger partial charge in [0, 0.05) is 44.6 Å². The van der Waals surface area contributed by atoms with E-state index in [1.54, 1.807) is 24.5 Å². The number of carbonyl (C=O) groups is 2. The third kappa shape index (κ3) is 5.95. The van der Waals surface area contributed by atoms with Crippen molar-refractivity contribution in [1.29, 1.82) is 0 Å². The number of aromatic nitrogens is 2. The zero-order valence-electron chi connectivity index (χ0n) is 19.7. The number of pyridine rings is 2. The summed E-state index contributed by atoms with van der Waals surface area (Å²) in [4.78, 5) is 34.8. The second kappa shape index (κ2) is 10.9. The lowest BCUT2D eigenvalue weighted by molar-refractivity contribution is -0.145. The molecule has 0 amide bonds. The minimum Gasteiger partial charge on any atom is -0.450 e. The summed E-state index contributed by atoms with van der Waals surface area (Å²) in [6.45, 7) is 2.87. The van der Waals surface area contributed by atoms with Gasteiger partial charge in [-0.2, -0.15) is 0 Å². The summed E-state index contributed by atoms with van der Waals surface area (Å²) in [5.41, 5.74) is 3.67. The topological polar surface area (TPSA) is 105 Å². The summed E-state index contributed by atoms with van der Waals surface area (Å²) in [5, 5.41) is 10.8. The molecule has 0 spiro atoms. The first-order valence-corrected chi connectivity index (χ1v) is 12.6. The minimum atomic E-state index is -0.614. The normalized spacial score (nSPS) is 22.1. The number of hydrogen-bond donors (Lipinski definition) is 1. The van der Waals surface area contributed by atoms with E-state index in [0.717, 1.165) is 35.5 Å². The second-order valence-electron chi connectivity index (χ2n) is 8.91. The maximum Gasteiger partial charge on any atom is 0.338 e. The van der Waals surface area contributed by atoms with E-state index in [1.165, 1.54) is 12.2 Å². The van der Waals surface area contributed by atoms with Crippen molar-refractivity contribution in [2.75, 3.05) is 13.1 Å². The third-order valence-electron chi connectivity index (χ3n) is 6.32. The highest BCUT2D eigenvalue weighted by molar-refractivity contribution is 6.29. The van der Waals surface area contributed by atoms with E-state index in [9.17, 15) is 14.7 Å². The van der Waals surface area contributed by atoms with Crippen LogP contribution in [0.3, 0.4) is 0 Å². The number of aliphatic hydroxyl groups excluding tert-OH is 1. The Morgan fingerprint density at radius 3 is 2.24 bits per heavy atom. The van der Waals surface area contributed by atoms with Gasteiger partial charge in [0.15, 0.2) is 11.9 Å². The zero-order valence-corrected chi connectivity index (χ0v) is 21.2. The minimum absolute atomic E-state index is 0.294. The molecule has 1 saturated heterocycles. The number of piperidine rings is 1. The molecule has 0 aromatic carbocycles. The van der Waals surface area contributed by atoms with Crippen molar-refractivity contribution in [3.8, 4) is 0 Å². The van der Waals surface area contributed by atoms with Crippen molar-refractivity contribution in [3.05, 3.63) is 93.5 Å². The lowest BCUT2D eigenvalue weighted by Gasteiger charge is -2.36. The van der Waals surface area contributed by atoms with Crippen LogP contribution < -0.4 is 0 Å². The van der Waals surface area contributed by atoms with E-state index >= 15 is 0 Å². The van der Waals surface area contributed by atoms with Gasteiger partial charge in [0.05, 0.1) is 23.6 Å². The van der Waals surface area contributed by atoms with Crippen LogP contribution in [0.1, 0.15) is 24.0 Å². The van der Waals surface area contributed by atoms with Crippen molar-refractivity contribution < 1.29 is 24.2 Å². The molecule has 2 unspecified atom stereocenters. The summed E-state index contributed by atoms with van der Waals surface area (Å²) in [6.07, 6.45) is 8.72. The SMILES string of the molecule is O=C1C=C2C(=CCCN2Cc2ccc(Cl)nc2)O1.O=C1C=C2C(O1)C(O)CCN2Cc1ccc(Cl)nc1. The van der Waals surface area contributed by atoms with Crippen LogP contribution in [-0.4, -0.2) is 62.1 Å². The van der Waals surface area contributed by atoms with E-state index in [4.69, 9.17) is 32.7 Å². The molecule has 0 radical (unpaired) electrons. The Labute approximate surface area is 223 Å². The first-order valence-electron chi connectivity index (χ1n) is 11.8. The summed E-state index contributed by atoms with van der Waals surface area (Å²) in [7, 11) is 0. The standard InChI is InChI=1S/C13H13ClN2O3.C13H11ClN2O2/c14-11-2-1-8(6-15-11)7-16-4-3-10(17)13-9(16)5-12(18)19-13;14-12-4-3-9(7-15-12)8-16-5-1-2-11-10(16)6-13(17)18-11/h1-2,5-6,10,13,17H,3-4,7H2;2-4,6-7H,1,5,8H2. The van der Waals surface area contributed by atoms with Crippen molar-refractivity contribution >= 4 is 35.1 Å². The second-order valence-corrected chi connectivity index (χ2v) is 9.69. The van der Waals surface area contributed by atoms with Crippen LogP contribution in [0, 0.1) is 0 Å². The summed E-state index contributed by atoms with van der Waals surface area (Å²) in [5.74, 6) is -0.00858. The third-order valence-corrected chi connectivity index (χ3v) is 6.77. The molecule has 9 nitrogen and oxygen atoms in total.